The van der Waals surface area contributed by atoms with Gasteiger partial charge in [-0.1, -0.05) is 42.3 Å². The maximum Gasteiger partial charge on any atom is 0.173 e. The molecule has 1 atom stereocenters. The molecule has 1 heterocycles. The first-order valence-electron chi connectivity index (χ1n) is 7.95. The molecule has 0 aliphatic heterocycles. The summed E-state index contributed by atoms with van der Waals surface area (Å²) in [6.07, 6.45) is 8.87. The minimum absolute atomic E-state index is 0.0643. The van der Waals surface area contributed by atoms with E-state index in [0.29, 0.717) is 5.78 Å². The van der Waals surface area contributed by atoms with Crippen LogP contribution in [-0.4, -0.2) is 20.6 Å². The van der Waals surface area contributed by atoms with Gasteiger partial charge < -0.3 is 0 Å². The Kier molecular flexibility index (Phi) is 4.67. The van der Waals surface area contributed by atoms with Crippen molar-refractivity contribution in [3.05, 3.63) is 41.7 Å². The van der Waals surface area contributed by atoms with Crippen molar-refractivity contribution in [1.29, 1.82) is 0 Å². The summed E-state index contributed by atoms with van der Waals surface area (Å²) in [4.78, 5) is 16.7. The van der Waals surface area contributed by atoms with Crippen molar-refractivity contribution < 1.29 is 4.79 Å². The topological polar surface area (TPSA) is 34.9 Å². The summed E-state index contributed by atoms with van der Waals surface area (Å²) in [5.41, 5.74) is 3.63. The normalized spacial score (nSPS) is 19.2. The molecule has 0 saturated heterocycles. The third-order valence-electron chi connectivity index (χ3n) is 4.21. The van der Waals surface area contributed by atoms with Crippen LogP contribution in [0, 0.1) is 13.8 Å². The van der Waals surface area contributed by atoms with E-state index >= 15 is 0 Å². The Balaban J connectivity index is 1.87. The lowest BCUT2D eigenvalue weighted by molar-refractivity contribution is -0.118. The molecule has 4 heteroatoms. The minimum Gasteiger partial charge on any atom is -0.298 e. The molecule has 116 valence electrons. The van der Waals surface area contributed by atoms with Crippen LogP contribution >= 0.6 is 11.8 Å². The summed E-state index contributed by atoms with van der Waals surface area (Å²) >= 11 is 1.63. The fourth-order valence-electron chi connectivity index (χ4n) is 3.02. The third kappa shape index (κ3) is 3.27. The van der Waals surface area contributed by atoms with Gasteiger partial charge in [-0.25, -0.2) is 4.98 Å². The van der Waals surface area contributed by atoms with Crippen LogP contribution in [0.15, 0.2) is 35.7 Å². The summed E-state index contributed by atoms with van der Waals surface area (Å²) < 4.78 is 2.11. The molecular formula is C18H22N2OS. The number of benzene rings is 1. The number of carbonyl (C=O) groups excluding carboxylic acids is 1. The average molecular weight is 314 g/mol. The molecule has 0 bridgehead atoms. The SMILES string of the molecule is Cc1ccc(-n2ccnc2S[C@H]2CCCCCC2=O)c(C)c1. The van der Waals surface area contributed by atoms with Gasteiger partial charge in [-0.2, -0.15) is 0 Å². The van der Waals surface area contributed by atoms with Crippen molar-refractivity contribution in [2.24, 2.45) is 0 Å². The zero-order valence-corrected chi connectivity index (χ0v) is 14.0. The second-order valence-corrected chi connectivity index (χ2v) is 7.21. The lowest BCUT2D eigenvalue weighted by atomic mass is 10.1. The van der Waals surface area contributed by atoms with E-state index in [2.05, 4.69) is 41.6 Å². The highest BCUT2D eigenvalue weighted by atomic mass is 32.2. The minimum atomic E-state index is 0.0643. The molecule has 0 N–H and O–H groups in total. The predicted molar refractivity (Wildman–Crippen MR) is 90.8 cm³/mol. The Labute approximate surface area is 136 Å². The van der Waals surface area contributed by atoms with Crippen molar-refractivity contribution in [3.63, 3.8) is 0 Å². The van der Waals surface area contributed by atoms with Crippen LogP contribution in [0.3, 0.4) is 0 Å². The number of nitrogens with zero attached hydrogens (tertiary/aromatic N) is 2. The van der Waals surface area contributed by atoms with Gasteiger partial charge in [0, 0.05) is 18.8 Å². The second kappa shape index (κ2) is 6.69. The maximum absolute atomic E-state index is 12.2. The van der Waals surface area contributed by atoms with Crippen LogP contribution in [0.2, 0.25) is 0 Å². The predicted octanol–water partition coefficient (Wildman–Crippen LogP) is 4.48. The van der Waals surface area contributed by atoms with Crippen LogP contribution in [0.4, 0.5) is 0 Å². The highest BCUT2D eigenvalue weighted by Crippen LogP contribution is 2.32. The molecule has 1 saturated carbocycles. The molecule has 0 amide bonds. The van der Waals surface area contributed by atoms with E-state index in [1.807, 2.05) is 12.4 Å². The van der Waals surface area contributed by atoms with E-state index in [-0.39, 0.29) is 5.25 Å². The van der Waals surface area contributed by atoms with E-state index in [1.54, 1.807) is 11.8 Å². The van der Waals surface area contributed by atoms with E-state index in [9.17, 15) is 4.79 Å². The molecule has 1 aliphatic rings. The molecule has 0 unspecified atom stereocenters. The first kappa shape index (κ1) is 15.3. The molecule has 1 aliphatic carbocycles. The fraction of sp³-hybridized carbons (Fsp3) is 0.444. The third-order valence-corrected chi connectivity index (χ3v) is 5.51. The van der Waals surface area contributed by atoms with Crippen molar-refractivity contribution in [2.45, 2.75) is 56.4 Å². The average Bonchev–Trinajstić information content (AvgIpc) is 2.83. The van der Waals surface area contributed by atoms with Crippen LogP contribution in [-0.2, 0) is 4.79 Å². The van der Waals surface area contributed by atoms with Crippen LogP contribution < -0.4 is 0 Å². The lowest BCUT2D eigenvalue weighted by Gasteiger charge is -2.15. The molecule has 22 heavy (non-hydrogen) atoms. The molecular weight excluding hydrogens is 292 g/mol. The van der Waals surface area contributed by atoms with Gasteiger partial charge in [-0.15, -0.1) is 0 Å². The summed E-state index contributed by atoms with van der Waals surface area (Å²) in [5.74, 6) is 0.387. The van der Waals surface area contributed by atoms with Gasteiger partial charge >= 0.3 is 0 Å². The Morgan fingerprint density at radius 1 is 1.23 bits per heavy atom. The number of hydrogen-bond donors (Lipinski definition) is 0. The molecule has 1 fully saturated rings. The van der Waals surface area contributed by atoms with Gasteiger partial charge in [0.05, 0.1) is 10.9 Å². The fourth-order valence-corrected chi connectivity index (χ4v) is 4.20. The van der Waals surface area contributed by atoms with Crippen LogP contribution in [0.1, 0.15) is 43.2 Å². The van der Waals surface area contributed by atoms with E-state index in [4.69, 9.17) is 0 Å². The molecule has 3 rings (SSSR count). The number of imidazole rings is 1. The first-order valence-corrected chi connectivity index (χ1v) is 8.83. The molecule has 3 nitrogen and oxygen atoms in total. The number of thioether (sulfide) groups is 1. The molecule has 0 radical (unpaired) electrons. The van der Waals surface area contributed by atoms with Crippen molar-refractivity contribution >= 4 is 17.5 Å². The van der Waals surface area contributed by atoms with Gasteiger partial charge in [-0.3, -0.25) is 9.36 Å². The second-order valence-electron chi connectivity index (χ2n) is 6.04. The highest BCUT2D eigenvalue weighted by molar-refractivity contribution is 8.00. The summed E-state index contributed by atoms with van der Waals surface area (Å²) in [5, 5.41) is 0.988. The van der Waals surface area contributed by atoms with Crippen molar-refractivity contribution in [3.8, 4) is 5.69 Å². The van der Waals surface area contributed by atoms with Gasteiger partial charge in [0.2, 0.25) is 0 Å². The number of ketones is 1. The van der Waals surface area contributed by atoms with E-state index < -0.39 is 0 Å². The Morgan fingerprint density at radius 3 is 2.91 bits per heavy atom. The van der Waals surface area contributed by atoms with Crippen LogP contribution in [0.5, 0.6) is 0 Å². The van der Waals surface area contributed by atoms with E-state index in [0.717, 1.165) is 36.5 Å². The summed E-state index contributed by atoms with van der Waals surface area (Å²) in [6, 6.07) is 6.43. The molecule has 2 aromatic rings. The van der Waals surface area contributed by atoms with Gasteiger partial charge in [0.15, 0.2) is 5.16 Å². The zero-order valence-electron chi connectivity index (χ0n) is 13.2. The Bertz CT molecular complexity index is 677. The van der Waals surface area contributed by atoms with Gasteiger partial charge in [0.1, 0.15) is 5.78 Å². The molecule has 1 aromatic carbocycles. The van der Waals surface area contributed by atoms with Gasteiger partial charge in [0.25, 0.3) is 0 Å². The Morgan fingerprint density at radius 2 is 2.09 bits per heavy atom. The number of Topliss-reactive ketones (excluding diaryl/α,β-unsaturated/α-hetero) is 1. The molecule has 0 spiro atoms. The van der Waals surface area contributed by atoms with Crippen LogP contribution in [0.25, 0.3) is 5.69 Å². The number of rotatable bonds is 3. The summed E-state index contributed by atoms with van der Waals surface area (Å²) in [6.45, 7) is 4.22. The quantitative estimate of drug-likeness (QED) is 0.783. The number of hydrogen-bond acceptors (Lipinski definition) is 3. The smallest absolute Gasteiger partial charge is 0.173 e. The highest BCUT2D eigenvalue weighted by Gasteiger charge is 2.24. The van der Waals surface area contributed by atoms with Crippen molar-refractivity contribution in [2.75, 3.05) is 0 Å². The van der Waals surface area contributed by atoms with Crippen molar-refractivity contribution in [1.82, 2.24) is 9.55 Å². The number of aromatic nitrogens is 2. The van der Waals surface area contributed by atoms with Gasteiger partial charge in [-0.05, 0) is 38.3 Å². The Hall–Kier alpha value is -1.55. The molecule has 1 aromatic heterocycles. The lowest BCUT2D eigenvalue weighted by Crippen LogP contribution is -2.15. The monoisotopic (exact) mass is 314 g/mol. The number of aryl methyl sites for hydroxylation is 2. The van der Waals surface area contributed by atoms with E-state index in [1.165, 1.54) is 17.5 Å². The summed E-state index contributed by atoms with van der Waals surface area (Å²) in [7, 11) is 0. The first-order chi connectivity index (χ1) is 10.6. The number of carbonyl (C=O) groups is 1. The largest absolute Gasteiger partial charge is 0.298 e. The maximum atomic E-state index is 12.2. The standard InChI is InChI=1S/C18H22N2OS/c1-13-8-9-15(14(2)12-13)20-11-10-19-18(20)22-17-7-5-3-4-6-16(17)21/h8-12,17H,3-7H2,1-2H3/t17-/m0/s1. The zero-order chi connectivity index (χ0) is 15.5.